The largest absolute Gasteiger partial charge is 0.469 e. The molecule has 3 N–H and O–H groups in total. The minimum Gasteiger partial charge on any atom is -0.469 e. The van der Waals surface area contributed by atoms with E-state index in [0.717, 1.165) is 12.1 Å². The molecule has 1 rings (SSSR count). The van der Waals surface area contributed by atoms with E-state index >= 15 is 0 Å². The van der Waals surface area contributed by atoms with E-state index in [9.17, 15) is 30.6 Å². The summed E-state index contributed by atoms with van der Waals surface area (Å²) in [7, 11) is 0. The maximum Gasteiger partial charge on any atom is 0.434 e. The van der Waals surface area contributed by atoms with Crippen molar-refractivity contribution in [2.24, 2.45) is 0 Å². The molecule has 0 aliphatic rings. The van der Waals surface area contributed by atoms with E-state index in [2.05, 4.69) is 4.74 Å². The van der Waals surface area contributed by atoms with Crippen molar-refractivity contribution in [3.63, 3.8) is 0 Å². The summed E-state index contributed by atoms with van der Waals surface area (Å²) in [5.74, 6) is -0.890. The first-order valence-corrected chi connectivity index (χ1v) is 5.84. The highest BCUT2D eigenvalue weighted by Gasteiger charge is 2.59. The summed E-state index contributed by atoms with van der Waals surface area (Å²) in [6.45, 7) is 0. The molecule has 0 amide bonds. The van der Waals surface area contributed by atoms with Crippen LogP contribution >= 0.6 is 0 Å². The van der Waals surface area contributed by atoms with Crippen molar-refractivity contribution in [1.82, 2.24) is 0 Å². The van der Waals surface area contributed by atoms with Gasteiger partial charge in [-0.3, -0.25) is 0 Å². The molecule has 0 radical (unpaired) electrons. The Morgan fingerprint density at radius 3 is 2.00 bits per heavy atom. The van der Waals surface area contributed by atoms with Gasteiger partial charge in [-0.1, -0.05) is 0 Å². The Balaban J connectivity index is 3.10. The maximum absolute atomic E-state index is 12.3. The zero-order valence-electron chi connectivity index (χ0n) is 9.33. The molecule has 0 saturated carbocycles. The number of benzene rings is 1. The Hall–Kier alpha value is -1.49. The zero-order valence-corrected chi connectivity index (χ0v) is 10.1. The van der Waals surface area contributed by atoms with E-state index in [1.165, 1.54) is 0 Å². The number of halogens is 6. The smallest absolute Gasteiger partial charge is 0.434 e. The fourth-order valence-electron chi connectivity index (χ4n) is 1.19. The molecule has 1 atom stereocenters. The standard InChI is InChI=1S/C9H7F6NO3S/c10-8(11,12)7(9(13,14)15)19-6-2-1-4(20(17)18)3-5(6)16/h1-3,7H,16H2,(H,17,18). The van der Waals surface area contributed by atoms with Gasteiger partial charge in [0.15, 0.2) is 11.1 Å². The van der Waals surface area contributed by atoms with Crippen LogP contribution in [0.4, 0.5) is 32.0 Å². The third kappa shape index (κ3) is 4.00. The van der Waals surface area contributed by atoms with Gasteiger partial charge >= 0.3 is 12.4 Å². The van der Waals surface area contributed by atoms with Crippen LogP contribution in [-0.4, -0.2) is 27.2 Å². The molecule has 1 aromatic rings. The maximum atomic E-state index is 12.3. The third-order valence-corrected chi connectivity index (χ3v) is 2.68. The molecular weight excluding hydrogens is 316 g/mol. The molecule has 1 aromatic carbocycles. The quantitative estimate of drug-likeness (QED) is 0.510. The number of hydrogen-bond donors (Lipinski definition) is 2. The molecule has 0 aromatic heterocycles. The van der Waals surface area contributed by atoms with Gasteiger partial charge < -0.3 is 15.0 Å². The van der Waals surface area contributed by atoms with Gasteiger partial charge in [0.2, 0.25) is 0 Å². The number of hydrogen-bond acceptors (Lipinski definition) is 3. The molecule has 11 heteroatoms. The van der Waals surface area contributed by atoms with Crippen LogP contribution in [0.2, 0.25) is 0 Å². The van der Waals surface area contributed by atoms with Crippen LogP contribution in [0.1, 0.15) is 0 Å². The molecule has 0 saturated heterocycles. The lowest BCUT2D eigenvalue weighted by Gasteiger charge is -2.24. The van der Waals surface area contributed by atoms with Gasteiger partial charge in [0, 0.05) is 0 Å². The summed E-state index contributed by atoms with van der Waals surface area (Å²) in [4.78, 5) is -0.287. The van der Waals surface area contributed by atoms with Crippen molar-refractivity contribution < 1.29 is 39.8 Å². The van der Waals surface area contributed by atoms with E-state index < -0.39 is 41.0 Å². The molecule has 0 fully saturated rings. The number of rotatable bonds is 3. The van der Waals surface area contributed by atoms with Crippen molar-refractivity contribution in [1.29, 1.82) is 0 Å². The first-order chi connectivity index (χ1) is 8.93. The van der Waals surface area contributed by atoms with Crippen LogP contribution in [0.25, 0.3) is 0 Å². The number of anilines is 1. The Kier molecular flexibility index (Phi) is 4.54. The van der Waals surface area contributed by atoms with E-state index in [-0.39, 0.29) is 4.90 Å². The van der Waals surface area contributed by atoms with Gasteiger partial charge in [0.25, 0.3) is 6.10 Å². The van der Waals surface area contributed by atoms with Crippen LogP contribution in [0.15, 0.2) is 23.1 Å². The Morgan fingerprint density at radius 1 is 1.15 bits per heavy atom. The van der Waals surface area contributed by atoms with Crippen molar-refractivity contribution >= 4 is 16.8 Å². The van der Waals surface area contributed by atoms with Gasteiger partial charge in [-0.15, -0.1) is 0 Å². The van der Waals surface area contributed by atoms with E-state index in [4.69, 9.17) is 10.3 Å². The van der Waals surface area contributed by atoms with Gasteiger partial charge in [0.1, 0.15) is 5.75 Å². The predicted octanol–water partition coefficient (Wildman–Crippen LogP) is 2.72. The highest BCUT2D eigenvalue weighted by molar-refractivity contribution is 7.79. The van der Waals surface area contributed by atoms with E-state index in [1.807, 2.05) is 0 Å². The molecule has 0 bridgehead atoms. The molecule has 4 nitrogen and oxygen atoms in total. The van der Waals surface area contributed by atoms with Gasteiger partial charge in [-0.2, -0.15) is 26.3 Å². The number of nitrogens with two attached hydrogens (primary N) is 1. The summed E-state index contributed by atoms with van der Waals surface area (Å²) < 4.78 is 96.8. The van der Waals surface area contributed by atoms with Crippen molar-refractivity contribution in [3.05, 3.63) is 18.2 Å². The van der Waals surface area contributed by atoms with Gasteiger partial charge in [-0.05, 0) is 18.2 Å². The highest BCUT2D eigenvalue weighted by Crippen LogP contribution is 2.38. The van der Waals surface area contributed by atoms with E-state index in [1.54, 1.807) is 0 Å². The minimum absolute atomic E-state index is 0.287. The number of alkyl halides is 6. The second kappa shape index (κ2) is 5.48. The number of nitrogen functional groups attached to an aromatic ring is 1. The average Bonchev–Trinajstić information content (AvgIpc) is 2.23. The summed E-state index contributed by atoms with van der Waals surface area (Å²) in [6.07, 6.45) is -15.4. The SMILES string of the molecule is Nc1cc(S(=O)O)ccc1OC(C(F)(F)F)C(F)(F)F. The average molecular weight is 323 g/mol. The highest BCUT2D eigenvalue weighted by atomic mass is 32.2. The third-order valence-electron chi connectivity index (χ3n) is 2.02. The summed E-state index contributed by atoms with van der Waals surface area (Å²) in [6, 6.07) is 2.23. The monoisotopic (exact) mass is 323 g/mol. The molecule has 0 aliphatic heterocycles. The molecular formula is C9H7F6NO3S. The van der Waals surface area contributed by atoms with Crippen molar-refractivity contribution in [3.8, 4) is 5.75 Å². The summed E-state index contributed by atoms with van der Waals surface area (Å²) in [5, 5.41) is 0. The lowest BCUT2D eigenvalue weighted by molar-refractivity contribution is -0.299. The van der Waals surface area contributed by atoms with Crippen LogP contribution in [-0.2, 0) is 11.1 Å². The fraction of sp³-hybridized carbons (Fsp3) is 0.333. The second-order valence-electron chi connectivity index (χ2n) is 3.53. The molecule has 0 aliphatic carbocycles. The van der Waals surface area contributed by atoms with Crippen LogP contribution in [0.5, 0.6) is 5.75 Å². The summed E-state index contributed by atoms with van der Waals surface area (Å²) in [5.41, 5.74) is 4.57. The Bertz CT molecular complexity index is 501. The van der Waals surface area contributed by atoms with Crippen molar-refractivity contribution in [2.75, 3.05) is 5.73 Å². The first-order valence-electron chi connectivity index (χ1n) is 4.73. The van der Waals surface area contributed by atoms with Crippen LogP contribution < -0.4 is 10.5 Å². The topological polar surface area (TPSA) is 72.6 Å². The molecule has 1 unspecified atom stereocenters. The lowest BCUT2D eigenvalue weighted by atomic mass is 10.2. The molecule has 0 spiro atoms. The normalized spacial score (nSPS) is 14.4. The zero-order chi connectivity index (χ0) is 15.7. The molecule has 114 valence electrons. The lowest BCUT2D eigenvalue weighted by Crippen LogP contribution is -2.46. The predicted molar refractivity (Wildman–Crippen MR) is 56.4 cm³/mol. The Morgan fingerprint density at radius 2 is 1.65 bits per heavy atom. The first kappa shape index (κ1) is 16.6. The fourth-order valence-corrected chi connectivity index (χ4v) is 1.60. The summed E-state index contributed by atoms with van der Waals surface area (Å²) >= 11 is -2.47. The second-order valence-corrected chi connectivity index (χ2v) is 4.50. The number of ether oxygens (including phenoxy) is 1. The van der Waals surface area contributed by atoms with Crippen molar-refractivity contribution in [2.45, 2.75) is 23.4 Å². The molecule has 0 heterocycles. The Labute approximate surface area is 110 Å². The minimum atomic E-state index is -5.68. The van der Waals surface area contributed by atoms with Gasteiger partial charge in [-0.25, -0.2) is 4.21 Å². The van der Waals surface area contributed by atoms with Gasteiger partial charge in [0.05, 0.1) is 10.6 Å². The molecule has 20 heavy (non-hydrogen) atoms. The van der Waals surface area contributed by atoms with E-state index in [0.29, 0.717) is 6.07 Å². The van der Waals surface area contributed by atoms with Crippen LogP contribution in [0.3, 0.4) is 0 Å². The van der Waals surface area contributed by atoms with Crippen LogP contribution in [0, 0.1) is 0 Å².